The van der Waals surface area contributed by atoms with Gasteiger partial charge >= 0.3 is 0 Å². The van der Waals surface area contributed by atoms with Gasteiger partial charge in [-0.2, -0.15) is 0 Å². The molecule has 1 aliphatic rings. The topological polar surface area (TPSA) is 48.0 Å². The van der Waals surface area contributed by atoms with Crippen molar-refractivity contribution in [3.8, 4) is 11.5 Å². The Hall–Kier alpha value is -2.01. The molecule has 0 N–H and O–H groups in total. The average molecular weight is 305 g/mol. The number of ether oxygens (including phenoxy) is 3. The van der Waals surface area contributed by atoms with Gasteiger partial charge in [0.2, 0.25) is 5.91 Å². The van der Waals surface area contributed by atoms with Crippen LogP contribution < -0.4 is 9.47 Å². The molecule has 0 spiro atoms. The number of methoxy groups -OCH3 is 2. The summed E-state index contributed by atoms with van der Waals surface area (Å²) in [6, 6.07) is 5.61. The number of amides is 1. The summed E-state index contributed by atoms with van der Waals surface area (Å²) in [6.07, 6.45) is 4.43. The summed E-state index contributed by atoms with van der Waals surface area (Å²) in [5.74, 6) is 1.38. The van der Waals surface area contributed by atoms with Crippen LogP contribution in [0, 0.1) is 0 Å². The first kappa shape index (κ1) is 16.4. The van der Waals surface area contributed by atoms with Crippen LogP contribution >= 0.6 is 0 Å². The fourth-order valence-electron chi connectivity index (χ4n) is 2.46. The molecule has 1 aliphatic heterocycles. The number of rotatable bonds is 6. The lowest BCUT2D eigenvalue weighted by molar-refractivity contribution is -0.125. The molecular weight excluding hydrogens is 282 g/mol. The molecule has 1 heterocycles. The maximum Gasteiger partial charge on any atom is 0.246 e. The van der Waals surface area contributed by atoms with E-state index in [-0.39, 0.29) is 12.0 Å². The van der Waals surface area contributed by atoms with Gasteiger partial charge in [0.1, 0.15) is 0 Å². The predicted octanol–water partition coefficient (Wildman–Crippen LogP) is 2.35. The number of benzene rings is 1. The van der Waals surface area contributed by atoms with Gasteiger partial charge in [-0.15, -0.1) is 0 Å². The summed E-state index contributed by atoms with van der Waals surface area (Å²) in [5.41, 5.74) is 0.899. The SMILES string of the molecule is CCOc1ccc(/C=C/C(=O)N2CCC(OC)C2)cc1OC. The van der Waals surface area contributed by atoms with E-state index in [9.17, 15) is 4.79 Å². The number of hydrogen-bond donors (Lipinski definition) is 0. The van der Waals surface area contributed by atoms with E-state index in [1.54, 1.807) is 31.3 Å². The van der Waals surface area contributed by atoms with E-state index >= 15 is 0 Å². The molecule has 1 aromatic carbocycles. The molecule has 0 aromatic heterocycles. The molecule has 5 nitrogen and oxygen atoms in total. The first-order chi connectivity index (χ1) is 10.7. The van der Waals surface area contributed by atoms with Crippen LogP contribution in [-0.4, -0.2) is 50.8 Å². The van der Waals surface area contributed by atoms with Gasteiger partial charge in [-0.05, 0) is 37.1 Å². The Balaban J connectivity index is 2.02. The summed E-state index contributed by atoms with van der Waals surface area (Å²) in [5, 5.41) is 0. The normalized spacial score (nSPS) is 18.0. The number of carbonyl (C=O) groups excluding carboxylic acids is 1. The van der Waals surface area contributed by atoms with Gasteiger partial charge in [0.05, 0.1) is 19.8 Å². The Kier molecular flexibility index (Phi) is 5.83. The second-order valence-corrected chi connectivity index (χ2v) is 5.11. The molecule has 1 unspecified atom stereocenters. The highest BCUT2D eigenvalue weighted by Gasteiger charge is 2.24. The fourth-order valence-corrected chi connectivity index (χ4v) is 2.46. The minimum absolute atomic E-state index is 0.00685. The Bertz CT molecular complexity index is 541. The van der Waals surface area contributed by atoms with Crippen molar-refractivity contribution in [1.29, 1.82) is 0 Å². The van der Waals surface area contributed by atoms with E-state index in [0.29, 0.717) is 24.7 Å². The van der Waals surface area contributed by atoms with Gasteiger partial charge in [0.25, 0.3) is 0 Å². The Morgan fingerprint density at radius 2 is 2.18 bits per heavy atom. The molecule has 0 radical (unpaired) electrons. The van der Waals surface area contributed by atoms with Crippen LogP contribution in [0.2, 0.25) is 0 Å². The zero-order valence-corrected chi connectivity index (χ0v) is 13.4. The van der Waals surface area contributed by atoms with Gasteiger partial charge < -0.3 is 19.1 Å². The average Bonchev–Trinajstić information content (AvgIpc) is 3.03. The molecular formula is C17H23NO4. The van der Waals surface area contributed by atoms with Crippen molar-refractivity contribution in [2.75, 3.05) is 33.9 Å². The van der Waals surface area contributed by atoms with Crippen LogP contribution in [0.3, 0.4) is 0 Å². The molecule has 1 fully saturated rings. The van der Waals surface area contributed by atoms with Crippen LogP contribution in [0.15, 0.2) is 24.3 Å². The van der Waals surface area contributed by atoms with Gasteiger partial charge in [-0.1, -0.05) is 6.07 Å². The highest BCUT2D eigenvalue weighted by atomic mass is 16.5. The predicted molar refractivity (Wildman–Crippen MR) is 85.2 cm³/mol. The maximum absolute atomic E-state index is 12.1. The molecule has 1 atom stereocenters. The van der Waals surface area contributed by atoms with E-state index in [0.717, 1.165) is 18.5 Å². The molecule has 0 aliphatic carbocycles. The summed E-state index contributed by atoms with van der Waals surface area (Å²) >= 11 is 0. The van der Waals surface area contributed by atoms with E-state index in [1.807, 2.05) is 25.1 Å². The van der Waals surface area contributed by atoms with Crippen LogP contribution in [0.5, 0.6) is 11.5 Å². The van der Waals surface area contributed by atoms with Gasteiger partial charge in [-0.3, -0.25) is 4.79 Å². The lowest BCUT2D eigenvalue weighted by Crippen LogP contribution is -2.28. The highest BCUT2D eigenvalue weighted by Crippen LogP contribution is 2.28. The van der Waals surface area contributed by atoms with Gasteiger partial charge in [0.15, 0.2) is 11.5 Å². The molecule has 1 saturated heterocycles. The monoisotopic (exact) mass is 305 g/mol. The molecule has 2 rings (SSSR count). The van der Waals surface area contributed by atoms with Crippen LogP contribution in [-0.2, 0) is 9.53 Å². The van der Waals surface area contributed by atoms with E-state index < -0.39 is 0 Å². The second-order valence-electron chi connectivity index (χ2n) is 5.11. The summed E-state index contributed by atoms with van der Waals surface area (Å²) in [6.45, 7) is 3.91. The van der Waals surface area contributed by atoms with Crippen molar-refractivity contribution in [3.05, 3.63) is 29.8 Å². The van der Waals surface area contributed by atoms with Gasteiger partial charge in [-0.25, -0.2) is 0 Å². The smallest absolute Gasteiger partial charge is 0.246 e. The molecule has 1 aromatic rings. The first-order valence-corrected chi connectivity index (χ1v) is 7.48. The molecule has 1 amide bonds. The first-order valence-electron chi connectivity index (χ1n) is 7.48. The lowest BCUT2D eigenvalue weighted by atomic mass is 10.2. The van der Waals surface area contributed by atoms with Crippen LogP contribution in [0.25, 0.3) is 6.08 Å². The number of carbonyl (C=O) groups is 1. The van der Waals surface area contributed by atoms with Crippen molar-refractivity contribution in [2.24, 2.45) is 0 Å². The van der Waals surface area contributed by atoms with E-state index in [4.69, 9.17) is 14.2 Å². The third-order valence-electron chi connectivity index (χ3n) is 3.70. The van der Waals surface area contributed by atoms with E-state index in [1.165, 1.54) is 0 Å². The minimum atomic E-state index is 0.00685. The van der Waals surface area contributed by atoms with Crippen LogP contribution in [0.4, 0.5) is 0 Å². The minimum Gasteiger partial charge on any atom is -0.493 e. The quantitative estimate of drug-likeness (QED) is 0.757. The standard InChI is InChI=1S/C17H23NO4/c1-4-22-15-7-5-13(11-16(15)21-3)6-8-17(19)18-10-9-14(12-18)20-2/h5-8,11,14H,4,9-10,12H2,1-3H3/b8-6+. The molecule has 0 bridgehead atoms. The van der Waals surface area contributed by atoms with Crippen molar-refractivity contribution < 1.29 is 19.0 Å². The van der Waals surface area contributed by atoms with Crippen molar-refractivity contribution in [2.45, 2.75) is 19.4 Å². The fraction of sp³-hybridized carbons (Fsp3) is 0.471. The molecule has 5 heteroatoms. The number of hydrogen-bond acceptors (Lipinski definition) is 4. The summed E-state index contributed by atoms with van der Waals surface area (Å²) in [7, 11) is 3.28. The molecule has 0 saturated carbocycles. The summed E-state index contributed by atoms with van der Waals surface area (Å²) < 4.78 is 16.1. The third-order valence-corrected chi connectivity index (χ3v) is 3.70. The third kappa shape index (κ3) is 4.01. The Labute approximate surface area is 131 Å². The largest absolute Gasteiger partial charge is 0.493 e. The van der Waals surface area contributed by atoms with Gasteiger partial charge in [0, 0.05) is 26.3 Å². The Morgan fingerprint density at radius 1 is 1.36 bits per heavy atom. The second kappa shape index (κ2) is 7.84. The number of likely N-dealkylation sites (tertiary alicyclic amines) is 1. The van der Waals surface area contributed by atoms with E-state index in [2.05, 4.69) is 0 Å². The molecule has 22 heavy (non-hydrogen) atoms. The maximum atomic E-state index is 12.1. The van der Waals surface area contributed by atoms with Crippen molar-refractivity contribution in [1.82, 2.24) is 4.90 Å². The van der Waals surface area contributed by atoms with Crippen LogP contribution in [0.1, 0.15) is 18.9 Å². The Morgan fingerprint density at radius 3 is 2.82 bits per heavy atom. The lowest BCUT2D eigenvalue weighted by Gasteiger charge is -2.13. The van der Waals surface area contributed by atoms with Crippen molar-refractivity contribution >= 4 is 12.0 Å². The highest BCUT2D eigenvalue weighted by molar-refractivity contribution is 5.92. The zero-order valence-electron chi connectivity index (χ0n) is 13.4. The number of nitrogens with zero attached hydrogens (tertiary/aromatic N) is 1. The summed E-state index contributed by atoms with van der Waals surface area (Å²) in [4.78, 5) is 13.9. The molecule has 120 valence electrons. The zero-order chi connectivity index (χ0) is 15.9. The van der Waals surface area contributed by atoms with Crippen molar-refractivity contribution in [3.63, 3.8) is 0 Å².